The SMILES string of the molecule is CN(S)c1ncncn1. The van der Waals surface area contributed by atoms with E-state index in [2.05, 4.69) is 27.8 Å². The largest absolute Gasteiger partial charge is 0.290 e. The van der Waals surface area contributed by atoms with Gasteiger partial charge in [-0.05, 0) is 0 Å². The van der Waals surface area contributed by atoms with E-state index in [1.807, 2.05) is 0 Å². The van der Waals surface area contributed by atoms with Gasteiger partial charge in [-0.3, -0.25) is 4.31 Å². The topological polar surface area (TPSA) is 41.9 Å². The number of thiol groups is 1. The zero-order chi connectivity index (χ0) is 6.69. The summed E-state index contributed by atoms with van der Waals surface area (Å²) in [5.41, 5.74) is 0. The summed E-state index contributed by atoms with van der Waals surface area (Å²) in [6.45, 7) is 0. The summed E-state index contributed by atoms with van der Waals surface area (Å²) in [6.07, 6.45) is 2.85. The van der Waals surface area contributed by atoms with E-state index in [0.29, 0.717) is 5.95 Å². The lowest BCUT2D eigenvalue weighted by Gasteiger charge is -2.04. The van der Waals surface area contributed by atoms with E-state index in [0.717, 1.165) is 0 Å². The van der Waals surface area contributed by atoms with Crippen LogP contribution in [0.2, 0.25) is 0 Å². The monoisotopic (exact) mass is 142 g/mol. The summed E-state index contributed by atoms with van der Waals surface area (Å²) in [5, 5.41) is 0. The molecule has 0 saturated carbocycles. The lowest BCUT2D eigenvalue weighted by molar-refractivity contribution is 1.02. The molecule has 0 radical (unpaired) electrons. The van der Waals surface area contributed by atoms with Crippen LogP contribution < -0.4 is 4.31 Å². The molecule has 0 unspecified atom stereocenters. The van der Waals surface area contributed by atoms with E-state index >= 15 is 0 Å². The molecule has 0 aliphatic rings. The van der Waals surface area contributed by atoms with Crippen molar-refractivity contribution in [1.29, 1.82) is 0 Å². The Morgan fingerprint density at radius 3 is 2.33 bits per heavy atom. The minimum atomic E-state index is 0.549. The maximum atomic E-state index is 3.97. The molecule has 5 heteroatoms. The molecule has 0 amide bonds. The lowest BCUT2D eigenvalue weighted by atomic mass is 10.9. The third-order valence-electron chi connectivity index (χ3n) is 0.769. The fourth-order valence-electron chi connectivity index (χ4n) is 0.400. The second-order valence-electron chi connectivity index (χ2n) is 1.46. The first kappa shape index (κ1) is 6.28. The first-order valence-electron chi connectivity index (χ1n) is 2.35. The van der Waals surface area contributed by atoms with Crippen molar-refractivity contribution in [3.05, 3.63) is 12.7 Å². The zero-order valence-corrected chi connectivity index (χ0v) is 5.79. The van der Waals surface area contributed by atoms with Crippen molar-refractivity contribution < 1.29 is 0 Å². The van der Waals surface area contributed by atoms with Crippen molar-refractivity contribution in [3.8, 4) is 0 Å². The van der Waals surface area contributed by atoms with Gasteiger partial charge in [0.05, 0.1) is 0 Å². The quantitative estimate of drug-likeness (QED) is 0.567. The third-order valence-corrected chi connectivity index (χ3v) is 0.948. The summed E-state index contributed by atoms with van der Waals surface area (Å²) >= 11 is 3.97. The second kappa shape index (κ2) is 2.63. The van der Waals surface area contributed by atoms with Crippen LogP contribution in [0.15, 0.2) is 12.7 Å². The Morgan fingerprint density at radius 2 is 2.00 bits per heavy atom. The van der Waals surface area contributed by atoms with Gasteiger partial charge < -0.3 is 0 Å². The number of nitrogens with zero attached hydrogens (tertiary/aromatic N) is 4. The van der Waals surface area contributed by atoms with Crippen LogP contribution in [0.4, 0.5) is 5.95 Å². The summed E-state index contributed by atoms with van der Waals surface area (Å²) in [5.74, 6) is 0.549. The molecule has 0 fully saturated rings. The van der Waals surface area contributed by atoms with Crippen LogP contribution in [0.3, 0.4) is 0 Å². The van der Waals surface area contributed by atoms with Gasteiger partial charge in [-0.1, -0.05) is 12.8 Å². The fraction of sp³-hybridized carbons (Fsp3) is 0.250. The maximum Gasteiger partial charge on any atom is 0.238 e. The highest BCUT2D eigenvalue weighted by Gasteiger charge is 1.93. The average molecular weight is 142 g/mol. The molecule has 0 saturated heterocycles. The number of hydrogen-bond acceptors (Lipinski definition) is 5. The molecule has 4 nitrogen and oxygen atoms in total. The molecule has 0 aromatic carbocycles. The van der Waals surface area contributed by atoms with E-state index in [4.69, 9.17) is 0 Å². The molecule has 1 rings (SSSR count). The summed E-state index contributed by atoms with van der Waals surface area (Å²) in [6, 6.07) is 0. The van der Waals surface area contributed by atoms with E-state index in [9.17, 15) is 0 Å². The Hall–Kier alpha value is -0.840. The Bertz CT molecular complexity index is 175. The Balaban J connectivity index is 2.85. The van der Waals surface area contributed by atoms with Crippen molar-refractivity contribution in [2.75, 3.05) is 11.4 Å². The van der Waals surface area contributed by atoms with Gasteiger partial charge in [-0.2, -0.15) is 0 Å². The van der Waals surface area contributed by atoms with Crippen molar-refractivity contribution in [1.82, 2.24) is 15.0 Å². The highest BCUT2D eigenvalue weighted by molar-refractivity contribution is 7.81. The van der Waals surface area contributed by atoms with Gasteiger partial charge in [0.25, 0.3) is 0 Å². The van der Waals surface area contributed by atoms with Crippen LogP contribution in [0.1, 0.15) is 0 Å². The molecule has 1 aromatic rings. The van der Waals surface area contributed by atoms with Crippen LogP contribution in [0, 0.1) is 0 Å². The molecule has 0 aliphatic heterocycles. The minimum absolute atomic E-state index is 0.549. The normalized spacial score (nSPS) is 9.11. The predicted molar refractivity (Wildman–Crippen MR) is 37.2 cm³/mol. The number of anilines is 1. The van der Waals surface area contributed by atoms with Crippen LogP contribution in [0.25, 0.3) is 0 Å². The standard InChI is InChI=1S/C4H6N4S/c1-8(9)4-6-2-5-3-7-4/h2-3,9H,1H3. The van der Waals surface area contributed by atoms with Crippen molar-refractivity contribution in [2.24, 2.45) is 0 Å². The summed E-state index contributed by atoms with van der Waals surface area (Å²) < 4.78 is 1.52. The average Bonchev–Trinajstić information content (AvgIpc) is 1.90. The van der Waals surface area contributed by atoms with Crippen molar-refractivity contribution in [3.63, 3.8) is 0 Å². The van der Waals surface area contributed by atoms with Crippen molar-refractivity contribution >= 4 is 18.8 Å². The highest BCUT2D eigenvalue weighted by Crippen LogP contribution is 2.00. The van der Waals surface area contributed by atoms with E-state index in [-0.39, 0.29) is 0 Å². The first-order valence-corrected chi connectivity index (χ1v) is 2.75. The Labute approximate surface area is 58.5 Å². The fourth-order valence-corrected chi connectivity index (χ4v) is 0.503. The predicted octanol–water partition coefficient (Wildman–Crippen LogP) is 0.153. The number of hydrogen-bond donors (Lipinski definition) is 1. The molecule has 1 aromatic heterocycles. The van der Waals surface area contributed by atoms with Crippen LogP contribution in [0.5, 0.6) is 0 Å². The molecule has 1 heterocycles. The lowest BCUT2D eigenvalue weighted by Crippen LogP contribution is -2.05. The molecular weight excluding hydrogens is 136 g/mol. The van der Waals surface area contributed by atoms with Gasteiger partial charge in [0.2, 0.25) is 5.95 Å². The molecule has 0 N–H and O–H groups in total. The maximum absolute atomic E-state index is 3.97. The van der Waals surface area contributed by atoms with Gasteiger partial charge >= 0.3 is 0 Å². The summed E-state index contributed by atoms with van der Waals surface area (Å²) in [4.78, 5) is 11.3. The summed E-state index contributed by atoms with van der Waals surface area (Å²) in [7, 11) is 1.75. The van der Waals surface area contributed by atoms with Crippen LogP contribution in [-0.4, -0.2) is 22.0 Å². The van der Waals surface area contributed by atoms with Gasteiger partial charge in [0.15, 0.2) is 0 Å². The van der Waals surface area contributed by atoms with Gasteiger partial charge in [-0.15, -0.1) is 0 Å². The second-order valence-corrected chi connectivity index (χ2v) is 2.06. The van der Waals surface area contributed by atoms with Gasteiger partial charge in [0, 0.05) is 7.05 Å². The number of aromatic nitrogens is 3. The number of rotatable bonds is 1. The Kier molecular flexibility index (Phi) is 1.84. The highest BCUT2D eigenvalue weighted by atomic mass is 32.1. The molecule has 0 bridgehead atoms. The first-order chi connectivity index (χ1) is 4.30. The minimum Gasteiger partial charge on any atom is -0.290 e. The van der Waals surface area contributed by atoms with Gasteiger partial charge in [0.1, 0.15) is 12.7 Å². The van der Waals surface area contributed by atoms with Crippen molar-refractivity contribution in [2.45, 2.75) is 0 Å². The molecule has 9 heavy (non-hydrogen) atoms. The van der Waals surface area contributed by atoms with E-state index < -0.39 is 0 Å². The van der Waals surface area contributed by atoms with E-state index in [1.54, 1.807) is 7.05 Å². The molecule has 0 atom stereocenters. The smallest absolute Gasteiger partial charge is 0.238 e. The zero-order valence-electron chi connectivity index (χ0n) is 4.89. The molecule has 0 aliphatic carbocycles. The molecule has 48 valence electrons. The van der Waals surface area contributed by atoms with E-state index in [1.165, 1.54) is 17.0 Å². The Morgan fingerprint density at radius 1 is 1.44 bits per heavy atom. The molecule has 0 spiro atoms. The third kappa shape index (κ3) is 1.53. The van der Waals surface area contributed by atoms with Gasteiger partial charge in [-0.25, -0.2) is 15.0 Å². The van der Waals surface area contributed by atoms with Crippen LogP contribution >= 0.6 is 12.8 Å². The van der Waals surface area contributed by atoms with Crippen LogP contribution in [-0.2, 0) is 0 Å². The molecular formula is C4H6N4S.